The number of rotatable bonds is 6. The molecule has 0 aromatic heterocycles. The minimum atomic E-state index is -0.783. The maximum Gasteiger partial charge on any atom is 0.169 e. The van der Waals surface area contributed by atoms with Crippen molar-refractivity contribution in [2.24, 2.45) is 0 Å². The third kappa shape index (κ3) is 5.65. The van der Waals surface area contributed by atoms with E-state index < -0.39 is 11.6 Å². The molecule has 0 atom stereocenters. The summed E-state index contributed by atoms with van der Waals surface area (Å²) in [6, 6.07) is 4.34. The molecule has 1 aliphatic rings. The predicted molar refractivity (Wildman–Crippen MR) is 97.0 cm³/mol. The molecular weight excluding hydrogens is 330 g/mol. The molecule has 1 saturated heterocycles. The molecule has 0 amide bonds. The van der Waals surface area contributed by atoms with Crippen LogP contribution in [0.15, 0.2) is 18.2 Å². The normalized spacial score (nSPS) is 15.8. The van der Waals surface area contributed by atoms with Gasteiger partial charge in [-0.3, -0.25) is 4.90 Å². The summed E-state index contributed by atoms with van der Waals surface area (Å²) >= 11 is 5.43. The van der Waals surface area contributed by atoms with Gasteiger partial charge in [-0.2, -0.15) is 0 Å². The number of hydrogen-bond donors (Lipinski definition) is 1. The zero-order valence-electron chi connectivity index (χ0n) is 14.4. The monoisotopic (exact) mass is 356 g/mol. The van der Waals surface area contributed by atoms with Crippen molar-refractivity contribution in [2.75, 3.05) is 53.4 Å². The second kappa shape index (κ2) is 9.25. The molecule has 134 valence electrons. The summed E-state index contributed by atoms with van der Waals surface area (Å²) in [5.41, 5.74) is 0.410. The van der Waals surface area contributed by atoms with Crippen molar-refractivity contribution in [1.29, 1.82) is 0 Å². The minimum absolute atomic E-state index is 0.410. The summed E-state index contributed by atoms with van der Waals surface area (Å²) in [4.78, 5) is 6.42. The van der Waals surface area contributed by atoms with Crippen molar-refractivity contribution in [1.82, 2.24) is 20.0 Å². The molecule has 2 rings (SSSR count). The van der Waals surface area contributed by atoms with Gasteiger partial charge in [-0.15, -0.1) is 0 Å². The van der Waals surface area contributed by atoms with E-state index in [1.807, 2.05) is 0 Å². The molecule has 0 aliphatic carbocycles. The van der Waals surface area contributed by atoms with Gasteiger partial charge in [0, 0.05) is 44.8 Å². The van der Waals surface area contributed by atoms with E-state index in [1.54, 1.807) is 12.1 Å². The van der Waals surface area contributed by atoms with E-state index in [4.69, 9.17) is 12.2 Å². The first-order valence-corrected chi connectivity index (χ1v) is 8.71. The van der Waals surface area contributed by atoms with Gasteiger partial charge < -0.3 is 15.1 Å². The number of thiocarbonyl (C=S) groups is 1. The minimum Gasteiger partial charge on any atom is -0.363 e. The number of hydrogen-bond acceptors (Lipinski definition) is 3. The van der Waals surface area contributed by atoms with E-state index in [-0.39, 0.29) is 0 Å². The van der Waals surface area contributed by atoms with Gasteiger partial charge in [0.25, 0.3) is 0 Å². The van der Waals surface area contributed by atoms with Crippen LogP contribution in [-0.4, -0.2) is 73.2 Å². The number of halogens is 2. The van der Waals surface area contributed by atoms with Crippen LogP contribution in [0.25, 0.3) is 0 Å². The average Bonchev–Trinajstić information content (AvgIpc) is 2.56. The Morgan fingerprint density at radius 3 is 2.58 bits per heavy atom. The van der Waals surface area contributed by atoms with E-state index in [0.29, 0.717) is 12.1 Å². The van der Waals surface area contributed by atoms with Crippen molar-refractivity contribution < 1.29 is 8.78 Å². The fourth-order valence-corrected chi connectivity index (χ4v) is 3.01. The Bertz CT molecular complexity index is 545. The summed E-state index contributed by atoms with van der Waals surface area (Å²) in [7, 11) is 4.11. The Morgan fingerprint density at radius 2 is 1.92 bits per heavy atom. The van der Waals surface area contributed by atoms with Crippen molar-refractivity contribution in [3.63, 3.8) is 0 Å². The molecule has 1 aromatic carbocycles. The zero-order valence-corrected chi connectivity index (χ0v) is 15.2. The summed E-state index contributed by atoms with van der Waals surface area (Å²) in [5.74, 6) is -1.52. The van der Waals surface area contributed by atoms with Gasteiger partial charge >= 0.3 is 0 Å². The Labute approximate surface area is 148 Å². The van der Waals surface area contributed by atoms with Crippen LogP contribution >= 0.6 is 12.2 Å². The first-order chi connectivity index (χ1) is 11.5. The molecule has 1 aliphatic heterocycles. The van der Waals surface area contributed by atoms with Crippen molar-refractivity contribution in [2.45, 2.75) is 13.0 Å². The van der Waals surface area contributed by atoms with Gasteiger partial charge in [-0.05, 0) is 45.3 Å². The van der Waals surface area contributed by atoms with Gasteiger partial charge in [0.1, 0.15) is 0 Å². The first kappa shape index (κ1) is 19.0. The number of nitrogens with zero attached hydrogens (tertiary/aromatic N) is 3. The summed E-state index contributed by atoms with van der Waals surface area (Å²) in [6.45, 7) is 5.51. The number of piperazine rings is 1. The van der Waals surface area contributed by atoms with E-state index in [9.17, 15) is 8.78 Å². The van der Waals surface area contributed by atoms with Crippen LogP contribution < -0.4 is 5.32 Å². The second-order valence-electron chi connectivity index (χ2n) is 6.36. The molecule has 0 bridgehead atoms. The van der Waals surface area contributed by atoms with E-state index >= 15 is 0 Å². The Hall–Kier alpha value is -1.31. The molecular formula is C17H26F2N4S. The van der Waals surface area contributed by atoms with Crippen LogP contribution in [0.5, 0.6) is 0 Å². The highest BCUT2D eigenvalue weighted by molar-refractivity contribution is 7.80. The SMILES string of the molecule is CN(C)CCCNC(=S)N1CCN(Cc2cccc(F)c2F)CC1. The van der Waals surface area contributed by atoms with Crippen molar-refractivity contribution >= 4 is 17.3 Å². The molecule has 0 unspecified atom stereocenters. The highest BCUT2D eigenvalue weighted by atomic mass is 32.1. The number of benzene rings is 1. The van der Waals surface area contributed by atoms with E-state index in [1.165, 1.54) is 0 Å². The predicted octanol–water partition coefficient (Wildman–Crippen LogP) is 1.91. The summed E-state index contributed by atoms with van der Waals surface area (Å²) < 4.78 is 27.0. The summed E-state index contributed by atoms with van der Waals surface area (Å²) in [6.07, 6.45) is 1.05. The molecule has 0 radical (unpaired) electrons. The van der Waals surface area contributed by atoms with Gasteiger partial charge in [0.2, 0.25) is 0 Å². The van der Waals surface area contributed by atoms with Crippen LogP contribution in [0, 0.1) is 11.6 Å². The fourth-order valence-electron chi connectivity index (χ4n) is 2.72. The largest absolute Gasteiger partial charge is 0.363 e. The molecule has 0 spiro atoms. The van der Waals surface area contributed by atoms with Gasteiger partial charge in [-0.1, -0.05) is 12.1 Å². The molecule has 1 N–H and O–H groups in total. The van der Waals surface area contributed by atoms with Crippen LogP contribution in [-0.2, 0) is 6.54 Å². The van der Waals surface area contributed by atoms with Crippen molar-refractivity contribution in [3.8, 4) is 0 Å². The smallest absolute Gasteiger partial charge is 0.169 e. The molecule has 1 aromatic rings. The molecule has 0 saturated carbocycles. The highest BCUT2D eigenvalue weighted by Crippen LogP contribution is 2.15. The lowest BCUT2D eigenvalue weighted by Crippen LogP contribution is -2.51. The van der Waals surface area contributed by atoms with Crippen LogP contribution in [0.2, 0.25) is 0 Å². The summed E-state index contributed by atoms with van der Waals surface area (Å²) in [5, 5.41) is 4.07. The molecule has 1 fully saturated rings. The standard InChI is InChI=1S/C17H26F2N4S/c1-21(2)8-4-7-20-17(24)23-11-9-22(10-12-23)13-14-5-3-6-15(18)16(14)19/h3,5-6H,4,7-13H2,1-2H3,(H,20,24). The number of nitrogens with one attached hydrogen (secondary N) is 1. The molecule has 4 nitrogen and oxygen atoms in total. The van der Waals surface area contributed by atoms with E-state index in [0.717, 1.165) is 56.9 Å². The van der Waals surface area contributed by atoms with Gasteiger partial charge in [0.05, 0.1) is 0 Å². The topological polar surface area (TPSA) is 21.8 Å². The Balaban J connectivity index is 1.73. The molecule has 1 heterocycles. The zero-order chi connectivity index (χ0) is 17.5. The van der Waals surface area contributed by atoms with Gasteiger partial charge in [0.15, 0.2) is 16.7 Å². The Kier molecular flexibility index (Phi) is 7.33. The van der Waals surface area contributed by atoms with Crippen LogP contribution in [0.3, 0.4) is 0 Å². The third-order valence-corrected chi connectivity index (χ3v) is 4.55. The third-order valence-electron chi connectivity index (χ3n) is 4.14. The average molecular weight is 356 g/mol. The lowest BCUT2D eigenvalue weighted by atomic mass is 10.2. The van der Waals surface area contributed by atoms with Crippen LogP contribution in [0.1, 0.15) is 12.0 Å². The first-order valence-electron chi connectivity index (χ1n) is 8.30. The van der Waals surface area contributed by atoms with Crippen LogP contribution in [0.4, 0.5) is 8.78 Å². The Morgan fingerprint density at radius 1 is 1.21 bits per heavy atom. The second-order valence-corrected chi connectivity index (χ2v) is 6.75. The van der Waals surface area contributed by atoms with Crippen molar-refractivity contribution in [3.05, 3.63) is 35.4 Å². The maximum absolute atomic E-state index is 13.7. The highest BCUT2D eigenvalue weighted by Gasteiger charge is 2.20. The van der Waals surface area contributed by atoms with E-state index in [2.05, 4.69) is 34.1 Å². The van der Waals surface area contributed by atoms with Gasteiger partial charge in [-0.25, -0.2) is 8.78 Å². The molecule has 24 heavy (non-hydrogen) atoms. The lowest BCUT2D eigenvalue weighted by molar-refractivity contribution is 0.172. The fraction of sp³-hybridized carbons (Fsp3) is 0.588. The maximum atomic E-state index is 13.7. The lowest BCUT2D eigenvalue weighted by Gasteiger charge is -2.36. The molecule has 7 heteroatoms. The quantitative estimate of drug-likeness (QED) is 0.619.